The van der Waals surface area contributed by atoms with Crippen LogP contribution in [0.25, 0.3) is 0 Å². The highest BCUT2D eigenvalue weighted by molar-refractivity contribution is 7.89. The Hall–Kier alpha value is -1.74. The molecule has 0 heterocycles. The first-order valence-corrected chi connectivity index (χ1v) is 6.68. The molecule has 0 aromatic heterocycles. The van der Waals surface area contributed by atoms with Gasteiger partial charge in [-0.15, -0.1) is 0 Å². The van der Waals surface area contributed by atoms with Crippen LogP contribution in [0.4, 0.5) is 8.78 Å². The van der Waals surface area contributed by atoms with Gasteiger partial charge in [0.15, 0.2) is 0 Å². The van der Waals surface area contributed by atoms with Crippen LogP contribution in [-0.4, -0.2) is 25.5 Å². The summed E-state index contributed by atoms with van der Waals surface area (Å²) in [5.74, 6) is -2.24. The Bertz CT molecular complexity index is 590. The summed E-state index contributed by atoms with van der Waals surface area (Å²) in [4.78, 5) is -0.666. The molecule has 0 radical (unpaired) electrons. The molecule has 0 aliphatic heterocycles. The number of nitrogens with one attached hydrogen (secondary N) is 1. The quantitative estimate of drug-likeness (QED) is 0.323. The summed E-state index contributed by atoms with van der Waals surface area (Å²) in [6.07, 6.45) is -0.0570. The summed E-state index contributed by atoms with van der Waals surface area (Å²) in [6, 6.07) is 1.42. The second-order valence-corrected chi connectivity index (χ2v) is 5.57. The third-order valence-electron chi connectivity index (χ3n) is 2.18. The van der Waals surface area contributed by atoms with Crippen molar-refractivity contribution in [1.29, 1.82) is 0 Å². The molecule has 1 aromatic rings. The molecular formula is C10H13F2N3O3S. The van der Waals surface area contributed by atoms with Crippen molar-refractivity contribution in [3.8, 4) is 0 Å². The van der Waals surface area contributed by atoms with Gasteiger partial charge >= 0.3 is 0 Å². The van der Waals surface area contributed by atoms with Gasteiger partial charge < -0.3 is 10.9 Å². The molecule has 0 amide bonds. The lowest BCUT2D eigenvalue weighted by Gasteiger charge is -2.13. The Labute approximate surface area is 109 Å². The molecule has 1 aromatic carbocycles. The molecule has 0 aliphatic carbocycles. The molecule has 106 valence electrons. The average Bonchev–Trinajstić information content (AvgIpc) is 2.26. The molecule has 0 aliphatic rings. The van der Waals surface area contributed by atoms with E-state index in [-0.39, 0.29) is 12.3 Å². The lowest BCUT2D eigenvalue weighted by molar-refractivity contribution is 0.316. The third kappa shape index (κ3) is 4.14. The van der Waals surface area contributed by atoms with Crippen molar-refractivity contribution in [2.75, 3.05) is 0 Å². The number of amidine groups is 1. The van der Waals surface area contributed by atoms with E-state index >= 15 is 0 Å². The molecule has 0 spiro atoms. The first kappa shape index (κ1) is 15.3. The van der Waals surface area contributed by atoms with Gasteiger partial charge in [0.05, 0.1) is 0 Å². The van der Waals surface area contributed by atoms with Gasteiger partial charge in [0.25, 0.3) is 0 Å². The van der Waals surface area contributed by atoms with Crippen LogP contribution in [0.3, 0.4) is 0 Å². The zero-order valence-electron chi connectivity index (χ0n) is 9.97. The largest absolute Gasteiger partial charge is 0.409 e. The number of oxime groups is 1. The number of hydrogen-bond acceptors (Lipinski definition) is 4. The SMILES string of the molecule is CC(CC(N)=NO)NS(=O)(=O)c1ccc(F)cc1F. The predicted octanol–water partition coefficient (Wildman–Crippen LogP) is 0.768. The minimum Gasteiger partial charge on any atom is -0.409 e. The third-order valence-corrected chi connectivity index (χ3v) is 3.81. The number of rotatable bonds is 5. The minimum absolute atomic E-state index is 0.0570. The van der Waals surface area contributed by atoms with Crippen molar-refractivity contribution in [2.45, 2.75) is 24.3 Å². The Morgan fingerprint density at radius 2 is 2.16 bits per heavy atom. The van der Waals surface area contributed by atoms with Crippen LogP contribution in [0.2, 0.25) is 0 Å². The van der Waals surface area contributed by atoms with E-state index in [1.54, 1.807) is 0 Å². The molecule has 0 saturated carbocycles. The fourth-order valence-corrected chi connectivity index (χ4v) is 2.72. The highest BCUT2D eigenvalue weighted by Crippen LogP contribution is 2.16. The van der Waals surface area contributed by atoms with Crippen LogP contribution in [0, 0.1) is 11.6 Å². The lowest BCUT2D eigenvalue weighted by Crippen LogP contribution is -2.36. The molecule has 1 atom stereocenters. The summed E-state index contributed by atoms with van der Waals surface area (Å²) >= 11 is 0. The highest BCUT2D eigenvalue weighted by Gasteiger charge is 2.22. The van der Waals surface area contributed by atoms with Gasteiger partial charge in [-0.25, -0.2) is 21.9 Å². The summed E-state index contributed by atoms with van der Waals surface area (Å²) in [5.41, 5.74) is 5.22. The fraction of sp³-hybridized carbons (Fsp3) is 0.300. The average molecular weight is 293 g/mol. The van der Waals surface area contributed by atoms with Crippen LogP contribution in [-0.2, 0) is 10.0 Å². The van der Waals surface area contributed by atoms with Crippen LogP contribution in [0.1, 0.15) is 13.3 Å². The summed E-state index contributed by atoms with van der Waals surface area (Å²) in [5, 5.41) is 11.1. The van der Waals surface area contributed by atoms with Gasteiger partial charge in [-0.05, 0) is 19.1 Å². The number of nitrogens with zero attached hydrogens (tertiary/aromatic N) is 1. The van der Waals surface area contributed by atoms with Crippen molar-refractivity contribution < 1.29 is 22.4 Å². The Kier molecular flexibility index (Phi) is 4.78. The summed E-state index contributed by atoms with van der Waals surface area (Å²) in [7, 11) is -4.14. The highest BCUT2D eigenvalue weighted by atomic mass is 32.2. The Morgan fingerprint density at radius 3 is 2.68 bits per heavy atom. The first-order valence-electron chi connectivity index (χ1n) is 5.20. The Morgan fingerprint density at radius 1 is 1.53 bits per heavy atom. The number of benzene rings is 1. The number of halogens is 2. The molecule has 0 fully saturated rings. The molecule has 6 nitrogen and oxygen atoms in total. The van der Waals surface area contributed by atoms with Crippen molar-refractivity contribution in [2.24, 2.45) is 10.9 Å². The van der Waals surface area contributed by atoms with Crippen LogP contribution in [0.5, 0.6) is 0 Å². The molecule has 9 heteroatoms. The van der Waals surface area contributed by atoms with Gasteiger partial charge in [-0.3, -0.25) is 0 Å². The van der Waals surface area contributed by atoms with E-state index in [1.165, 1.54) is 6.92 Å². The van der Waals surface area contributed by atoms with Crippen LogP contribution < -0.4 is 10.5 Å². The normalized spacial score (nSPS) is 14.4. The summed E-state index contributed by atoms with van der Waals surface area (Å²) in [6.45, 7) is 1.46. The molecule has 0 bridgehead atoms. The minimum atomic E-state index is -4.14. The number of sulfonamides is 1. The Balaban J connectivity index is 2.92. The maximum absolute atomic E-state index is 13.4. The van der Waals surface area contributed by atoms with Crippen molar-refractivity contribution in [3.05, 3.63) is 29.8 Å². The van der Waals surface area contributed by atoms with Gasteiger partial charge in [0, 0.05) is 18.5 Å². The molecule has 1 rings (SSSR count). The molecule has 4 N–H and O–H groups in total. The lowest BCUT2D eigenvalue weighted by atomic mass is 10.2. The van der Waals surface area contributed by atoms with E-state index in [4.69, 9.17) is 10.9 Å². The predicted molar refractivity (Wildman–Crippen MR) is 64.2 cm³/mol. The number of hydrogen-bond donors (Lipinski definition) is 3. The zero-order chi connectivity index (χ0) is 14.6. The maximum Gasteiger partial charge on any atom is 0.243 e. The van der Waals surface area contributed by atoms with Crippen molar-refractivity contribution >= 4 is 15.9 Å². The zero-order valence-corrected chi connectivity index (χ0v) is 10.8. The standard InChI is InChI=1S/C10H13F2N3O3S/c1-6(4-10(13)14-16)15-19(17,18)9-3-2-7(11)5-8(9)12/h2-3,5-6,15-16H,4H2,1H3,(H2,13,14). The smallest absolute Gasteiger partial charge is 0.243 e. The van der Waals surface area contributed by atoms with E-state index in [0.29, 0.717) is 6.07 Å². The second-order valence-electron chi connectivity index (χ2n) is 3.89. The van der Waals surface area contributed by atoms with Crippen LogP contribution >= 0.6 is 0 Å². The molecule has 19 heavy (non-hydrogen) atoms. The monoisotopic (exact) mass is 293 g/mol. The van der Waals surface area contributed by atoms with E-state index in [1.807, 2.05) is 0 Å². The topological polar surface area (TPSA) is 105 Å². The maximum atomic E-state index is 13.4. The molecular weight excluding hydrogens is 280 g/mol. The van der Waals surface area contributed by atoms with Crippen molar-refractivity contribution in [3.63, 3.8) is 0 Å². The molecule has 1 unspecified atom stereocenters. The van der Waals surface area contributed by atoms with E-state index in [0.717, 1.165) is 12.1 Å². The van der Waals surface area contributed by atoms with Gasteiger partial charge in [0.1, 0.15) is 22.4 Å². The molecule has 0 saturated heterocycles. The van der Waals surface area contributed by atoms with Gasteiger partial charge in [-0.2, -0.15) is 0 Å². The van der Waals surface area contributed by atoms with Gasteiger partial charge in [-0.1, -0.05) is 5.16 Å². The summed E-state index contributed by atoms with van der Waals surface area (Å²) < 4.78 is 51.9. The van der Waals surface area contributed by atoms with Gasteiger partial charge in [0.2, 0.25) is 10.0 Å². The van der Waals surface area contributed by atoms with Crippen molar-refractivity contribution in [1.82, 2.24) is 4.72 Å². The number of nitrogens with two attached hydrogens (primary N) is 1. The fourth-order valence-electron chi connectivity index (χ4n) is 1.42. The van der Waals surface area contributed by atoms with E-state index in [9.17, 15) is 17.2 Å². The van der Waals surface area contributed by atoms with Crippen LogP contribution in [0.15, 0.2) is 28.3 Å². The van der Waals surface area contributed by atoms with E-state index in [2.05, 4.69) is 9.88 Å². The second kappa shape index (κ2) is 5.93. The van der Waals surface area contributed by atoms with E-state index < -0.39 is 32.6 Å². The first-order chi connectivity index (χ1) is 8.76.